The highest BCUT2D eigenvalue weighted by molar-refractivity contribution is 5.99. The third-order valence-electron chi connectivity index (χ3n) is 2.95. The van der Waals surface area contributed by atoms with Crippen molar-refractivity contribution in [2.45, 2.75) is 20.0 Å². The van der Waals surface area contributed by atoms with Crippen molar-refractivity contribution in [1.82, 2.24) is 0 Å². The number of hydrogen-bond donors (Lipinski definition) is 0. The molecule has 1 heterocycles. The molecular formula is C12H14N2O4. The van der Waals surface area contributed by atoms with Crippen molar-refractivity contribution < 1.29 is 14.5 Å². The van der Waals surface area contributed by atoms with Crippen LogP contribution in [0.3, 0.4) is 0 Å². The SMILES string of the molecule is CC(C)C1Oc2cc([N+](=O)[O-])ccc2N(C)C1=O. The highest BCUT2D eigenvalue weighted by Crippen LogP contribution is 2.37. The number of nitro groups is 1. The van der Waals surface area contributed by atoms with E-state index in [1.165, 1.54) is 23.1 Å². The van der Waals surface area contributed by atoms with Crippen molar-refractivity contribution in [2.75, 3.05) is 11.9 Å². The van der Waals surface area contributed by atoms with Crippen molar-refractivity contribution in [1.29, 1.82) is 0 Å². The van der Waals surface area contributed by atoms with Crippen molar-refractivity contribution in [2.24, 2.45) is 5.92 Å². The molecule has 0 bridgehead atoms. The number of nitro benzene ring substituents is 1. The maximum Gasteiger partial charge on any atom is 0.273 e. The minimum Gasteiger partial charge on any atom is -0.478 e. The maximum absolute atomic E-state index is 12.0. The van der Waals surface area contributed by atoms with Crippen LogP contribution < -0.4 is 9.64 Å². The average Bonchev–Trinajstić information content (AvgIpc) is 2.32. The van der Waals surface area contributed by atoms with Gasteiger partial charge in [-0.1, -0.05) is 13.8 Å². The number of rotatable bonds is 2. The number of anilines is 1. The third-order valence-corrected chi connectivity index (χ3v) is 2.95. The molecule has 0 N–H and O–H groups in total. The number of nitrogens with zero attached hydrogens (tertiary/aromatic N) is 2. The van der Waals surface area contributed by atoms with Crippen molar-refractivity contribution in [3.63, 3.8) is 0 Å². The monoisotopic (exact) mass is 250 g/mol. The lowest BCUT2D eigenvalue weighted by molar-refractivity contribution is -0.384. The summed E-state index contributed by atoms with van der Waals surface area (Å²) in [6.07, 6.45) is -0.593. The number of benzene rings is 1. The number of hydrogen-bond acceptors (Lipinski definition) is 4. The van der Waals surface area contributed by atoms with E-state index >= 15 is 0 Å². The molecule has 6 heteroatoms. The molecule has 1 aliphatic rings. The molecule has 18 heavy (non-hydrogen) atoms. The fourth-order valence-corrected chi connectivity index (χ4v) is 1.91. The molecule has 6 nitrogen and oxygen atoms in total. The number of carbonyl (C=O) groups excluding carboxylic acids is 1. The van der Waals surface area contributed by atoms with E-state index in [4.69, 9.17) is 4.74 Å². The molecule has 0 saturated carbocycles. The number of likely N-dealkylation sites (N-methyl/N-ethyl adjacent to an activating group) is 1. The van der Waals surface area contributed by atoms with Gasteiger partial charge in [-0.3, -0.25) is 14.9 Å². The van der Waals surface area contributed by atoms with Gasteiger partial charge in [0.1, 0.15) is 0 Å². The van der Waals surface area contributed by atoms with Gasteiger partial charge in [-0.15, -0.1) is 0 Å². The first kappa shape index (κ1) is 12.3. The van der Waals surface area contributed by atoms with E-state index in [0.717, 1.165) is 0 Å². The van der Waals surface area contributed by atoms with Gasteiger partial charge < -0.3 is 9.64 Å². The Morgan fingerprint density at radius 2 is 2.11 bits per heavy atom. The van der Waals surface area contributed by atoms with Gasteiger partial charge in [0.15, 0.2) is 11.9 Å². The second-order valence-corrected chi connectivity index (χ2v) is 4.59. The summed E-state index contributed by atoms with van der Waals surface area (Å²) >= 11 is 0. The van der Waals surface area contributed by atoms with Crippen LogP contribution in [0.2, 0.25) is 0 Å². The summed E-state index contributed by atoms with van der Waals surface area (Å²) in [5.41, 5.74) is 0.515. The van der Waals surface area contributed by atoms with Gasteiger partial charge in [-0.25, -0.2) is 0 Å². The molecule has 1 aromatic rings. The van der Waals surface area contributed by atoms with Gasteiger partial charge in [0.05, 0.1) is 16.7 Å². The lowest BCUT2D eigenvalue weighted by atomic mass is 10.0. The summed E-state index contributed by atoms with van der Waals surface area (Å²) in [7, 11) is 1.64. The van der Waals surface area contributed by atoms with Gasteiger partial charge in [0, 0.05) is 13.1 Å². The van der Waals surface area contributed by atoms with E-state index < -0.39 is 11.0 Å². The predicted molar refractivity (Wildman–Crippen MR) is 65.8 cm³/mol. The van der Waals surface area contributed by atoms with Crippen LogP contribution in [-0.4, -0.2) is 24.0 Å². The largest absolute Gasteiger partial charge is 0.478 e. The number of fused-ring (bicyclic) bond motifs is 1. The Labute approximate surface area is 104 Å². The quantitative estimate of drug-likeness (QED) is 0.594. The van der Waals surface area contributed by atoms with Crippen LogP contribution in [0.4, 0.5) is 11.4 Å². The van der Waals surface area contributed by atoms with Gasteiger partial charge >= 0.3 is 0 Å². The molecule has 1 atom stereocenters. The Morgan fingerprint density at radius 3 is 2.67 bits per heavy atom. The minimum absolute atomic E-state index is 0.00682. The number of carbonyl (C=O) groups is 1. The number of non-ortho nitro benzene ring substituents is 1. The normalized spacial score (nSPS) is 18.6. The first-order chi connectivity index (χ1) is 8.41. The molecule has 0 aliphatic carbocycles. The van der Waals surface area contributed by atoms with E-state index in [-0.39, 0.29) is 17.5 Å². The van der Waals surface area contributed by atoms with Gasteiger partial charge in [0.2, 0.25) is 0 Å². The van der Waals surface area contributed by atoms with Crippen LogP contribution in [0.5, 0.6) is 5.75 Å². The average molecular weight is 250 g/mol. The highest BCUT2D eigenvalue weighted by atomic mass is 16.6. The maximum atomic E-state index is 12.0. The van der Waals surface area contributed by atoms with E-state index in [1.807, 2.05) is 13.8 Å². The lowest BCUT2D eigenvalue weighted by Gasteiger charge is -2.33. The Balaban J connectivity index is 2.46. The first-order valence-corrected chi connectivity index (χ1v) is 5.64. The summed E-state index contributed by atoms with van der Waals surface area (Å²) in [6.45, 7) is 3.75. The number of amides is 1. The molecule has 96 valence electrons. The Morgan fingerprint density at radius 1 is 1.44 bits per heavy atom. The number of ether oxygens (including phenoxy) is 1. The zero-order chi connectivity index (χ0) is 13.4. The fraction of sp³-hybridized carbons (Fsp3) is 0.417. The third kappa shape index (κ3) is 1.90. The molecule has 1 amide bonds. The van der Waals surface area contributed by atoms with Crippen LogP contribution in [0.15, 0.2) is 18.2 Å². The van der Waals surface area contributed by atoms with Gasteiger partial charge in [-0.05, 0) is 12.0 Å². The van der Waals surface area contributed by atoms with Gasteiger partial charge in [0.25, 0.3) is 11.6 Å². The van der Waals surface area contributed by atoms with Crippen LogP contribution in [0, 0.1) is 16.0 Å². The molecule has 2 rings (SSSR count). The van der Waals surface area contributed by atoms with Crippen LogP contribution in [0.25, 0.3) is 0 Å². The van der Waals surface area contributed by atoms with Crippen molar-refractivity contribution in [3.8, 4) is 5.75 Å². The molecule has 1 aliphatic heterocycles. The summed E-state index contributed by atoms with van der Waals surface area (Å²) in [5, 5.41) is 10.7. The molecule has 0 spiro atoms. The minimum atomic E-state index is -0.593. The summed E-state index contributed by atoms with van der Waals surface area (Å²) in [5.74, 6) is 0.253. The molecule has 0 radical (unpaired) electrons. The topological polar surface area (TPSA) is 72.7 Å². The Bertz CT molecular complexity index is 513. The Hall–Kier alpha value is -2.11. The molecule has 1 aromatic carbocycles. The molecule has 0 aromatic heterocycles. The zero-order valence-electron chi connectivity index (χ0n) is 10.4. The predicted octanol–water partition coefficient (Wildman–Crippen LogP) is 1.97. The second kappa shape index (κ2) is 4.29. The fourth-order valence-electron chi connectivity index (χ4n) is 1.91. The summed E-state index contributed by atoms with van der Waals surface area (Å²) < 4.78 is 5.57. The molecule has 0 fully saturated rings. The molecular weight excluding hydrogens is 236 g/mol. The van der Waals surface area contributed by atoms with E-state index in [9.17, 15) is 14.9 Å². The van der Waals surface area contributed by atoms with E-state index in [0.29, 0.717) is 11.4 Å². The summed E-state index contributed by atoms with van der Waals surface area (Å²) in [6, 6.07) is 4.25. The zero-order valence-corrected chi connectivity index (χ0v) is 10.4. The second-order valence-electron chi connectivity index (χ2n) is 4.59. The van der Waals surface area contributed by atoms with Crippen LogP contribution in [-0.2, 0) is 4.79 Å². The lowest BCUT2D eigenvalue weighted by Crippen LogP contribution is -2.46. The van der Waals surface area contributed by atoms with E-state index in [2.05, 4.69) is 0 Å². The highest BCUT2D eigenvalue weighted by Gasteiger charge is 2.35. The Kier molecular flexibility index (Phi) is 2.94. The van der Waals surface area contributed by atoms with Crippen LogP contribution in [0.1, 0.15) is 13.8 Å². The van der Waals surface area contributed by atoms with Crippen LogP contribution >= 0.6 is 0 Å². The van der Waals surface area contributed by atoms with Crippen molar-refractivity contribution >= 4 is 17.3 Å². The summed E-state index contributed by atoms with van der Waals surface area (Å²) in [4.78, 5) is 23.7. The van der Waals surface area contributed by atoms with E-state index in [1.54, 1.807) is 7.05 Å². The first-order valence-electron chi connectivity index (χ1n) is 5.64. The smallest absolute Gasteiger partial charge is 0.273 e. The molecule has 1 unspecified atom stereocenters. The molecule has 0 saturated heterocycles. The van der Waals surface area contributed by atoms with Gasteiger partial charge in [-0.2, -0.15) is 0 Å². The van der Waals surface area contributed by atoms with Crippen molar-refractivity contribution in [3.05, 3.63) is 28.3 Å². The standard InChI is InChI=1S/C12H14N2O4/c1-7(2)11-12(15)13(3)9-5-4-8(14(16)17)6-10(9)18-11/h4-7,11H,1-3H3.